The summed E-state index contributed by atoms with van der Waals surface area (Å²) >= 11 is 0. The third-order valence-electron chi connectivity index (χ3n) is 7.17. The molecule has 3 aromatic rings. The van der Waals surface area contributed by atoms with Crippen molar-refractivity contribution in [1.82, 2.24) is 9.99 Å². The highest BCUT2D eigenvalue weighted by atomic mass is 19.1. The fourth-order valence-electron chi connectivity index (χ4n) is 4.91. The molecule has 1 fully saturated rings. The molecule has 0 radical (unpaired) electrons. The van der Waals surface area contributed by atoms with Gasteiger partial charge in [-0.3, -0.25) is 19.3 Å². The highest BCUT2D eigenvalue weighted by Gasteiger charge is 2.33. The van der Waals surface area contributed by atoms with Crippen molar-refractivity contribution in [3.8, 4) is 5.75 Å². The van der Waals surface area contributed by atoms with Gasteiger partial charge < -0.3 is 29.2 Å². The summed E-state index contributed by atoms with van der Waals surface area (Å²) in [4.78, 5) is 52.3. The summed E-state index contributed by atoms with van der Waals surface area (Å²) in [6.07, 6.45) is 1.26. The lowest BCUT2D eigenvalue weighted by atomic mass is 9.98. The zero-order valence-electron chi connectivity index (χ0n) is 24.3. The van der Waals surface area contributed by atoms with Crippen molar-refractivity contribution in [3.63, 3.8) is 0 Å². The molecule has 43 heavy (non-hydrogen) atoms. The Balaban J connectivity index is 1.35. The minimum absolute atomic E-state index is 0.000434. The van der Waals surface area contributed by atoms with E-state index in [1.165, 1.54) is 10.9 Å². The molecule has 3 heterocycles. The maximum atomic E-state index is 15.7. The Hall–Kier alpha value is -4.81. The number of amides is 1. The van der Waals surface area contributed by atoms with Crippen LogP contribution in [0.3, 0.4) is 0 Å². The zero-order valence-corrected chi connectivity index (χ0v) is 24.3. The van der Waals surface area contributed by atoms with Crippen LogP contribution < -0.4 is 25.4 Å². The number of nitrogens with one attached hydrogen (secondary N) is 1. The smallest absolute Gasteiger partial charge is 0.407 e. The van der Waals surface area contributed by atoms with E-state index < -0.39 is 41.5 Å². The summed E-state index contributed by atoms with van der Waals surface area (Å²) in [6.45, 7) is 5.11. The van der Waals surface area contributed by atoms with Gasteiger partial charge in [0.15, 0.2) is 18.3 Å². The standard InChI is InChI=1S/C30H33FN4O8/c1-30(2,3)28(38)43-17-42-27(37)21-14-35-23-20(25(21)36)12-22(31)24(26(23)41-16-33(35)4)34-11-10-19(13-34)32-29(39)40-15-18-8-6-5-7-9-18/h5-9,12,14,19H,10-11,13,15-17H2,1-4H3,(H,32,39). The summed E-state index contributed by atoms with van der Waals surface area (Å²) in [5.41, 5.74) is -0.622. The third kappa shape index (κ3) is 6.20. The fraction of sp³-hybridized carbons (Fsp3) is 0.400. The summed E-state index contributed by atoms with van der Waals surface area (Å²) < 4.78 is 38.5. The van der Waals surface area contributed by atoms with E-state index in [0.717, 1.165) is 11.6 Å². The summed E-state index contributed by atoms with van der Waals surface area (Å²) in [5.74, 6) is -2.16. The highest BCUT2D eigenvalue weighted by molar-refractivity contribution is 5.98. The Morgan fingerprint density at radius 3 is 2.58 bits per heavy atom. The summed E-state index contributed by atoms with van der Waals surface area (Å²) in [5, 5.41) is 4.34. The second kappa shape index (κ2) is 11.8. The van der Waals surface area contributed by atoms with Crippen molar-refractivity contribution in [2.75, 3.05) is 43.6 Å². The van der Waals surface area contributed by atoms with Crippen LogP contribution in [0.25, 0.3) is 10.9 Å². The molecule has 0 bridgehead atoms. The number of nitrogens with zero attached hydrogens (tertiary/aromatic N) is 3. The molecule has 1 N–H and O–H groups in total. The minimum atomic E-state index is -1.02. The van der Waals surface area contributed by atoms with Crippen LogP contribution in [0.1, 0.15) is 43.1 Å². The quantitative estimate of drug-likeness (QED) is 0.321. The molecule has 2 aromatic carbocycles. The predicted octanol–water partition coefficient (Wildman–Crippen LogP) is 3.27. The number of pyridine rings is 1. The molecule has 2 aliphatic rings. The maximum absolute atomic E-state index is 15.7. The summed E-state index contributed by atoms with van der Waals surface area (Å²) in [6, 6.07) is 10.1. The first-order chi connectivity index (χ1) is 20.4. The van der Waals surface area contributed by atoms with E-state index >= 15 is 4.39 Å². The van der Waals surface area contributed by atoms with Gasteiger partial charge in [0.05, 0.1) is 16.8 Å². The van der Waals surface area contributed by atoms with Crippen LogP contribution in [-0.4, -0.2) is 62.4 Å². The second-order valence-electron chi connectivity index (χ2n) is 11.4. The Morgan fingerprint density at radius 2 is 1.86 bits per heavy atom. The molecule has 1 saturated heterocycles. The molecule has 1 unspecified atom stereocenters. The Bertz CT molecular complexity index is 1620. The lowest BCUT2D eigenvalue weighted by molar-refractivity contribution is -0.161. The molecule has 5 rings (SSSR count). The maximum Gasteiger partial charge on any atom is 0.407 e. The van der Waals surface area contributed by atoms with Crippen LogP contribution in [0.15, 0.2) is 47.4 Å². The number of halogens is 1. The van der Waals surface area contributed by atoms with Crippen molar-refractivity contribution in [3.05, 3.63) is 69.8 Å². The van der Waals surface area contributed by atoms with Gasteiger partial charge in [-0.05, 0) is 38.8 Å². The van der Waals surface area contributed by atoms with Gasteiger partial charge in [0.1, 0.15) is 23.4 Å². The van der Waals surface area contributed by atoms with Crippen molar-refractivity contribution >= 4 is 34.6 Å². The van der Waals surface area contributed by atoms with E-state index in [1.54, 1.807) is 37.7 Å². The van der Waals surface area contributed by atoms with Gasteiger partial charge in [-0.1, -0.05) is 30.3 Å². The number of hydrogen-bond donors (Lipinski definition) is 1. The first-order valence-corrected chi connectivity index (χ1v) is 13.8. The van der Waals surface area contributed by atoms with Gasteiger partial charge in [-0.15, -0.1) is 0 Å². The average Bonchev–Trinajstić information content (AvgIpc) is 3.42. The van der Waals surface area contributed by atoms with E-state index in [-0.39, 0.29) is 53.8 Å². The monoisotopic (exact) mass is 596 g/mol. The third-order valence-corrected chi connectivity index (χ3v) is 7.17. The number of benzene rings is 2. The van der Waals surface area contributed by atoms with Gasteiger partial charge in [0.25, 0.3) is 0 Å². The first kappa shape index (κ1) is 29.7. The normalized spacial score (nSPS) is 16.1. The Morgan fingerprint density at radius 1 is 1.12 bits per heavy atom. The van der Waals surface area contributed by atoms with Gasteiger partial charge in [-0.2, -0.15) is 0 Å². The first-order valence-electron chi connectivity index (χ1n) is 13.8. The highest BCUT2D eigenvalue weighted by Crippen LogP contribution is 2.41. The molecule has 1 atom stereocenters. The minimum Gasteiger partial charge on any atom is -0.467 e. The zero-order chi connectivity index (χ0) is 30.9. The number of rotatable bonds is 7. The number of ether oxygens (including phenoxy) is 4. The number of hydrogen-bond acceptors (Lipinski definition) is 10. The largest absolute Gasteiger partial charge is 0.467 e. The van der Waals surface area contributed by atoms with E-state index in [0.29, 0.717) is 13.0 Å². The predicted molar refractivity (Wildman–Crippen MR) is 154 cm³/mol. The number of carbonyl (C=O) groups excluding carboxylic acids is 3. The molecule has 0 saturated carbocycles. The molecule has 228 valence electrons. The molecule has 2 aliphatic heterocycles. The van der Waals surface area contributed by atoms with E-state index in [4.69, 9.17) is 18.9 Å². The lowest BCUT2D eigenvalue weighted by Gasteiger charge is -2.33. The van der Waals surface area contributed by atoms with Crippen LogP contribution >= 0.6 is 0 Å². The number of aromatic nitrogens is 1. The number of alkyl carbamates (subject to hydrolysis) is 1. The van der Waals surface area contributed by atoms with Gasteiger partial charge in [0.2, 0.25) is 12.2 Å². The topological polar surface area (TPSA) is 129 Å². The van der Waals surface area contributed by atoms with E-state index in [2.05, 4.69) is 5.32 Å². The molecule has 0 spiro atoms. The summed E-state index contributed by atoms with van der Waals surface area (Å²) in [7, 11) is 1.67. The van der Waals surface area contributed by atoms with Crippen LogP contribution in [0.5, 0.6) is 5.75 Å². The van der Waals surface area contributed by atoms with E-state index in [1.807, 2.05) is 30.3 Å². The van der Waals surface area contributed by atoms with Crippen molar-refractivity contribution in [2.24, 2.45) is 5.41 Å². The lowest BCUT2D eigenvalue weighted by Crippen LogP contribution is -2.41. The van der Waals surface area contributed by atoms with Crippen molar-refractivity contribution < 1.29 is 37.7 Å². The molecule has 0 aliphatic carbocycles. The van der Waals surface area contributed by atoms with Crippen LogP contribution in [0.2, 0.25) is 0 Å². The SMILES string of the molecule is CN1COc2c(N3CCC(NC(=O)OCc4ccccc4)C3)c(F)cc3c(=O)c(C(=O)OCOC(=O)C(C)(C)C)cn1c23. The van der Waals surface area contributed by atoms with Gasteiger partial charge in [0, 0.05) is 26.3 Å². The van der Waals surface area contributed by atoms with Crippen LogP contribution in [-0.2, 0) is 25.6 Å². The van der Waals surface area contributed by atoms with Crippen molar-refractivity contribution in [1.29, 1.82) is 0 Å². The fourth-order valence-corrected chi connectivity index (χ4v) is 4.91. The number of carbonyl (C=O) groups is 3. The number of esters is 2. The molecule has 12 nitrogen and oxygen atoms in total. The van der Waals surface area contributed by atoms with E-state index in [9.17, 15) is 19.2 Å². The molecule has 1 aromatic heterocycles. The molecular weight excluding hydrogens is 563 g/mol. The number of anilines is 1. The molecule has 1 amide bonds. The molecular formula is C30H33FN4O8. The van der Waals surface area contributed by atoms with Gasteiger partial charge >= 0.3 is 18.0 Å². The molecule has 13 heteroatoms. The Labute approximate surface area is 246 Å². The van der Waals surface area contributed by atoms with Crippen molar-refractivity contribution in [2.45, 2.75) is 39.8 Å². The van der Waals surface area contributed by atoms with Crippen LogP contribution in [0, 0.1) is 11.2 Å². The second-order valence-corrected chi connectivity index (χ2v) is 11.4. The van der Waals surface area contributed by atoms with Gasteiger partial charge in [-0.25, -0.2) is 14.0 Å². The Kier molecular flexibility index (Phi) is 8.16. The van der Waals surface area contributed by atoms with Crippen LogP contribution in [0.4, 0.5) is 14.9 Å². The average molecular weight is 597 g/mol.